The number of fused-ring (bicyclic) bond motifs is 3. The molecule has 0 aliphatic rings. The number of pyridine rings is 1. The van der Waals surface area contributed by atoms with Crippen LogP contribution in [0.4, 0.5) is 0 Å². The van der Waals surface area contributed by atoms with Gasteiger partial charge in [-0.25, -0.2) is 0 Å². The summed E-state index contributed by atoms with van der Waals surface area (Å²) in [7, 11) is 0. The third kappa shape index (κ3) is 1.66. The van der Waals surface area contributed by atoms with E-state index in [2.05, 4.69) is 27.9 Å². The molecule has 5 heteroatoms. The number of aromatic amines is 1. The Kier molecular flexibility index (Phi) is 2.43. The Bertz CT molecular complexity index is 801. The second-order valence-electron chi connectivity index (χ2n) is 4.19. The first kappa shape index (κ1) is 11.1. The molecular formula is C12H11N3SSe. The van der Waals surface area contributed by atoms with Gasteiger partial charge in [0.1, 0.15) is 0 Å². The van der Waals surface area contributed by atoms with Gasteiger partial charge in [-0.1, -0.05) is 0 Å². The minimum absolute atomic E-state index is 0.190. The molecule has 0 aromatic carbocycles. The third-order valence-corrected chi connectivity index (χ3v) is 5.63. The van der Waals surface area contributed by atoms with Crippen molar-refractivity contribution in [2.45, 2.75) is 20.8 Å². The van der Waals surface area contributed by atoms with Crippen molar-refractivity contribution in [1.29, 1.82) is 0 Å². The van der Waals surface area contributed by atoms with Gasteiger partial charge in [0.15, 0.2) is 0 Å². The van der Waals surface area contributed by atoms with Crippen molar-refractivity contribution in [3.8, 4) is 0 Å². The van der Waals surface area contributed by atoms with Crippen molar-refractivity contribution in [2.24, 2.45) is 0 Å². The van der Waals surface area contributed by atoms with Crippen molar-refractivity contribution in [3.05, 3.63) is 27.8 Å². The van der Waals surface area contributed by atoms with Crippen LogP contribution in [0, 0.1) is 25.4 Å². The molecule has 1 N–H and O–H groups in total. The van der Waals surface area contributed by atoms with E-state index >= 15 is 0 Å². The molecule has 0 spiro atoms. The van der Waals surface area contributed by atoms with Crippen LogP contribution in [0.25, 0.3) is 19.6 Å². The Balaban J connectivity index is 2.65. The summed E-state index contributed by atoms with van der Waals surface area (Å²) < 4.78 is 3.08. The second-order valence-corrected chi connectivity index (χ2v) is 6.68. The number of rotatable bonds is 0. The molecule has 0 saturated carbocycles. The van der Waals surface area contributed by atoms with Crippen molar-refractivity contribution in [2.75, 3.05) is 0 Å². The van der Waals surface area contributed by atoms with Gasteiger partial charge in [-0.2, -0.15) is 0 Å². The predicted octanol–water partition coefficient (Wildman–Crippen LogP) is 2.82. The molecule has 0 aliphatic carbocycles. The summed E-state index contributed by atoms with van der Waals surface area (Å²) >= 11 is 5.54. The summed E-state index contributed by atoms with van der Waals surface area (Å²) in [5, 5.41) is 1.24. The number of H-pyrrole nitrogens is 1. The Morgan fingerprint density at radius 2 is 2.00 bits per heavy atom. The van der Waals surface area contributed by atoms with Crippen molar-refractivity contribution in [3.63, 3.8) is 0 Å². The molecule has 3 rings (SSSR count). The number of nitrogens with zero attached hydrogens (tertiary/aromatic N) is 2. The number of nitrogens with one attached hydrogen (secondary N) is 1. The van der Waals surface area contributed by atoms with E-state index < -0.39 is 0 Å². The molecule has 3 aromatic rings. The fourth-order valence-corrected chi connectivity index (χ4v) is 4.96. The van der Waals surface area contributed by atoms with E-state index in [1.165, 1.54) is 19.6 Å². The Morgan fingerprint density at radius 1 is 1.24 bits per heavy atom. The first-order valence-corrected chi connectivity index (χ1v) is 7.46. The Morgan fingerprint density at radius 3 is 2.76 bits per heavy atom. The maximum atomic E-state index is 5.35. The van der Waals surface area contributed by atoms with E-state index in [9.17, 15) is 0 Å². The summed E-state index contributed by atoms with van der Waals surface area (Å²) in [4.78, 5) is 12.3. The van der Waals surface area contributed by atoms with Crippen LogP contribution in [0.5, 0.6) is 0 Å². The van der Waals surface area contributed by atoms with E-state index in [0.29, 0.717) is 0 Å². The maximum absolute atomic E-state index is 5.35. The normalized spacial score (nSPS) is 11.5. The Labute approximate surface area is 110 Å². The van der Waals surface area contributed by atoms with Crippen LogP contribution in [0.15, 0.2) is 6.07 Å². The van der Waals surface area contributed by atoms with Gasteiger partial charge < -0.3 is 0 Å². The van der Waals surface area contributed by atoms with Crippen LogP contribution in [-0.4, -0.2) is 29.5 Å². The van der Waals surface area contributed by atoms with Gasteiger partial charge in [0.05, 0.1) is 0 Å². The molecule has 86 valence electrons. The van der Waals surface area contributed by atoms with Gasteiger partial charge in [-0.15, -0.1) is 0 Å². The van der Waals surface area contributed by atoms with E-state index in [-0.39, 0.29) is 14.5 Å². The molecule has 3 nitrogen and oxygen atoms in total. The average Bonchev–Trinajstić information content (AvgIpc) is 2.56. The SMILES string of the molecule is Cc1cc(C)c2c(n1)[se]c1c(=S)nc(C)[nH]c12. The molecule has 17 heavy (non-hydrogen) atoms. The summed E-state index contributed by atoms with van der Waals surface area (Å²) in [6, 6.07) is 2.12. The zero-order valence-electron chi connectivity index (χ0n) is 9.79. The molecule has 0 unspecified atom stereocenters. The van der Waals surface area contributed by atoms with Gasteiger partial charge in [0.25, 0.3) is 0 Å². The molecular weight excluding hydrogens is 297 g/mol. The van der Waals surface area contributed by atoms with Gasteiger partial charge in [-0.05, 0) is 0 Å². The van der Waals surface area contributed by atoms with Crippen LogP contribution in [0.2, 0.25) is 0 Å². The van der Waals surface area contributed by atoms with Crippen molar-refractivity contribution < 1.29 is 0 Å². The van der Waals surface area contributed by atoms with Crippen LogP contribution in [0.3, 0.4) is 0 Å². The first-order chi connectivity index (χ1) is 8.06. The standard InChI is InChI=1S/C12H11N3SSe/c1-5-4-6(2)13-12-8(5)9-10(17-12)11(16)15-7(3)14-9/h4H,1-3H3,(H,14,15,16). The fraction of sp³-hybridized carbons (Fsp3) is 0.250. The minimum atomic E-state index is 0.190. The van der Waals surface area contributed by atoms with Gasteiger partial charge in [-0.3, -0.25) is 0 Å². The summed E-state index contributed by atoms with van der Waals surface area (Å²) in [5.41, 5.74) is 3.48. The Hall–Kier alpha value is -1.03. The van der Waals surface area contributed by atoms with Crippen LogP contribution >= 0.6 is 12.2 Å². The van der Waals surface area contributed by atoms with E-state index in [4.69, 9.17) is 12.2 Å². The zero-order valence-corrected chi connectivity index (χ0v) is 12.3. The summed E-state index contributed by atoms with van der Waals surface area (Å²) in [6.45, 7) is 6.11. The predicted molar refractivity (Wildman–Crippen MR) is 73.4 cm³/mol. The average molecular weight is 308 g/mol. The summed E-state index contributed by atoms with van der Waals surface area (Å²) in [5.74, 6) is 0.873. The number of hydrogen-bond donors (Lipinski definition) is 1. The first-order valence-electron chi connectivity index (χ1n) is 5.33. The monoisotopic (exact) mass is 309 g/mol. The topological polar surface area (TPSA) is 41.6 Å². The molecule has 0 saturated heterocycles. The zero-order chi connectivity index (χ0) is 12.2. The molecule has 0 fully saturated rings. The van der Waals surface area contributed by atoms with Crippen LogP contribution in [0.1, 0.15) is 17.1 Å². The number of aryl methyl sites for hydroxylation is 3. The van der Waals surface area contributed by atoms with Gasteiger partial charge in [0, 0.05) is 0 Å². The van der Waals surface area contributed by atoms with Crippen molar-refractivity contribution in [1.82, 2.24) is 15.0 Å². The van der Waals surface area contributed by atoms with Crippen LogP contribution < -0.4 is 0 Å². The fourth-order valence-electron chi connectivity index (χ4n) is 2.12. The van der Waals surface area contributed by atoms with Gasteiger partial charge in [0.2, 0.25) is 0 Å². The van der Waals surface area contributed by atoms with Gasteiger partial charge >= 0.3 is 110 Å². The quantitative estimate of drug-likeness (QED) is 0.513. The molecule has 0 atom stereocenters. The van der Waals surface area contributed by atoms with Crippen LogP contribution in [-0.2, 0) is 0 Å². The summed E-state index contributed by atoms with van der Waals surface area (Å²) in [6.07, 6.45) is 0. The number of aromatic nitrogens is 3. The molecule has 0 radical (unpaired) electrons. The number of hydrogen-bond acceptors (Lipinski definition) is 3. The second kappa shape index (κ2) is 3.73. The molecule has 0 bridgehead atoms. The van der Waals surface area contributed by atoms with E-state index in [1.54, 1.807) is 0 Å². The molecule has 0 aliphatic heterocycles. The molecule has 0 amide bonds. The molecule has 3 heterocycles. The van der Waals surface area contributed by atoms with E-state index in [1.807, 2.05) is 13.8 Å². The van der Waals surface area contributed by atoms with E-state index in [0.717, 1.165) is 21.7 Å². The molecule has 3 aromatic heterocycles. The van der Waals surface area contributed by atoms with Crippen molar-refractivity contribution >= 4 is 46.3 Å². The third-order valence-electron chi connectivity index (χ3n) is 2.76.